The molecule has 5 nitrogen and oxygen atoms in total. The van der Waals surface area contributed by atoms with Gasteiger partial charge in [0.25, 0.3) is 0 Å². The van der Waals surface area contributed by atoms with Gasteiger partial charge in [0.2, 0.25) is 5.91 Å². The number of carbonyl (C=O) groups excluding carboxylic acids is 1. The van der Waals surface area contributed by atoms with Gasteiger partial charge in [-0.15, -0.1) is 0 Å². The molecule has 0 spiro atoms. The Morgan fingerprint density at radius 2 is 1.89 bits per heavy atom. The van der Waals surface area contributed by atoms with Gasteiger partial charge < -0.3 is 10.4 Å². The van der Waals surface area contributed by atoms with Crippen LogP contribution in [-0.2, 0) is 11.2 Å². The number of carbonyl (C=O) groups is 1. The van der Waals surface area contributed by atoms with Crippen molar-refractivity contribution in [1.82, 2.24) is 9.97 Å². The molecule has 27 heavy (non-hydrogen) atoms. The Morgan fingerprint density at radius 3 is 2.56 bits per heavy atom. The lowest BCUT2D eigenvalue weighted by Gasteiger charge is -2.22. The van der Waals surface area contributed by atoms with E-state index < -0.39 is 0 Å². The van der Waals surface area contributed by atoms with Gasteiger partial charge in [0.05, 0.1) is 17.6 Å². The lowest BCUT2D eigenvalue weighted by molar-refractivity contribution is -0.116. The quantitative estimate of drug-likeness (QED) is 0.757. The summed E-state index contributed by atoms with van der Waals surface area (Å²) in [4.78, 5) is 21.6. The van der Waals surface area contributed by atoms with Crippen molar-refractivity contribution in [2.45, 2.75) is 58.8 Å². The van der Waals surface area contributed by atoms with E-state index in [2.05, 4.69) is 10.3 Å². The second-order valence-electron chi connectivity index (χ2n) is 7.95. The summed E-state index contributed by atoms with van der Waals surface area (Å²) in [5.74, 6) is 1.71. The number of benzene rings is 1. The smallest absolute Gasteiger partial charge is 0.225 e. The Labute approximate surface area is 161 Å². The molecule has 1 aromatic carbocycles. The van der Waals surface area contributed by atoms with E-state index in [9.17, 15) is 9.90 Å². The molecule has 0 radical (unpaired) electrons. The first kappa shape index (κ1) is 19.3. The molecule has 1 fully saturated rings. The molecule has 5 heteroatoms. The van der Waals surface area contributed by atoms with E-state index in [0.717, 1.165) is 23.4 Å². The summed E-state index contributed by atoms with van der Waals surface area (Å²) in [7, 11) is 0. The lowest BCUT2D eigenvalue weighted by Crippen LogP contribution is -2.19. The van der Waals surface area contributed by atoms with E-state index in [1.807, 2.05) is 26.0 Å². The monoisotopic (exact) mass is 367 g/mol. The maximum Gasteiger partial charge on any atom is 0.225 e. The first-order valence-electron chi connectivity index (χ1n) is 9.96. The van der Waals surface area contributed by atoms with Gasteiger partial charge in [0.15, 0.2) is 5.82 Å². The van der Waals surface area contributed by atoms with Gasteiger partial charge in [0.1, 0.15) is 5.75 Å². The van der Waals surface area contributed by atoms with Crippen molar-refractivity contribution in [2.75, 3.05) is 5.32 Å². The predicted octanol–water partition coefficient (Wildman–Crippen LogP) is 4.96. The zero-order valence-corrected chi connectivity index (χ0v) is 16.2. The van der Waals surface area contributed by atoms with Crippen molar-refractivity contribution in [2.24, 2.45) is 11.8 Å². The number of hydrogen-bond acceptors (Lipinski definition) is 4. The SMILES string of the molecule is CC(C)CC(=O)Nc1ncc(-c2ccc(O)cc2)nc1CC1CCCCC1. The summed E-state index contributed by atoms with van der Waals surface area (Å²) >= 11 is 0. The molecule has 144 valence electrons. The van der Waals surface area contributed by atoms with Crippen LogP contribution in [0.15, 0.2) is 30.5 Å². The van der Waals surface area contributed by atoms with Crippen molar-refractivity contribution >= 4 is 11.7 Å². The fourth-order valence-electron chi connectivity index (χ4n) is 3.66. The zero-order valence-electron chi connectivity index (χ0n) is 16.2. The summed E-state index contributed by atoms with van der Waals surface area (Å²) in [5, 5.41) is 12.5. The predicted molar refractivity (Wildman–Crippen MR) is 107 cm³/mol. The molecule has 3 rings (SSSR count). The number of amides is 1. The van der Waals surface area contributed by atoms with Crippen LogP contribution < -0.4 is 5.32 Å². The van der Waals surface area contributed by atoms with Gasteiger partial charge in [0, 0.05) is 12.0 Å². The summed E-state index contributed by atoms with van der Waals surface area (Å²) < 4.78 is 0. The molecular weight excluding hydrogens is 338 g/mol. The molecule has 0 unspecified atom stereocenters. The van der Waals surface area contributed by atoms with Crippen LogP contribution in [0.25, 0.3) is 11.3 Å². The highest BCUT2D eigenvalue weighted by atomic mass is 16.3. The van der Waals surface area contributed by atoms with E-state index in [4.69, 9.17) is 4.98 Å². The van der Waals surface area contributed by atoms with Crippen molar-refractivity contribution in [3.63, 3.8) is 0 Å². The Kier molecular flexibility index (Phi) is 6.43. The topological polar surface area (TPSA) is 75.1 Å². The Balaban J connectivity index is 1.86. The second kappa shape index (κ2) is 8.98. The van der Waals surface area contributed by atoms with Crippen molar-refractivity contribution < 1.29 is 9.90 Å². The van der Waals surface area contributed by atoms with E-state index in [0.29, 0.717) is 24.1 Å². The van der Waals surface area contributed by atoms with E-state index >= 15 is 0 Å². The maximum atomic E-state index is 12.3. The summed E-state index contributed by atoms with van der Waals surface area (Å²) in [6, 6.07) is 6.97. The molecule has 1 saturated carbocycles. The minimum atomic E-state index is -0.0124. The van der Waals surface area contributed by atoms with Crippen LogP contribution in [0.4, 0.5) is 5.82 Å². The van der Waals surface area contributed by atoms with Crippen molar-refractivity contribution in [1.29, 1.82) is 0 Å². The molecule has 1 amide bonds. The minimum absolute atomic E-state index is 0.0124. The van der Waals surface area contributed by atoms with Crippen LogP contribution in [0.3, 0.4) is 0 Å². The van der Waals surface area contributed by atoms with E-state index in [-0.39, 0.29) is 11.7 Å². The standard InChI is InChI=1S/C22H29N3O2/c1-15(2)12-21(27)25-22-19(13-16-6-4-3-5-7-16)24-20(14-23-22)17-8-10-18(26)11-9-17/h8-11,14-16,26H,3-7,12-13H2,1-2H3,(H,23,25,27). The molecular formula is C22H29N3O2. The first-order valence-corrected chi connectivity index (χ1v) is 9.96. The molecule has 1 heterocycles. The van der Waals surface area contributed by atoms with Gasteiger partial charge in [-0.05, 0) is 42.5 Å². The van der Waals surface area contributed by atoms with E-state index in [1.165, 1.54) is 32.1 Å². The molecule has 1 aliphatic rings. The average molecular weight is 367 g/mol. The van der Waals surface area contributed by atoms with Crippen LogP contribution in [0.5, 0.6) is 5.75 Å². The normalized spacial score (nSPS) is 15.1. The third kappa shape index (κ3) is 5.52. The Bertz CT molecular complexity index is 766. The molecule has 1 aliphatic carbocycles. The number of aromatic nitrogens is 2. The number of rotatable bonds is 6. The summed E-state index contributed by atoms with van der Waals surface area (Å²) in [6.45, 7) is 4.06. The van der Waals surface area contributed by atoms with Crippen molar-refractivity contribution in [3.8, 4) is 17.0 Å². The van der Waals surface area contributed by atoms with Gasteiger partial charge >= 0.3 is 0 Å². The van der Waals surface area contributed by atoms with Crippen LogP contribution in [-0.4, -0.2) is 21.0 Å². The fraction of sp³-hybridized carbons (Fsp3) is 0.500. The number of aromatic hydroxyl groups is 1. The zero-order chi connectivity index (χ0) is 19.2. The highest BCUT2D eigenvalue weighted by Gasteiger charge is 2.19. The van der Waals surface area contributed by atoms with Crippen LogP contribution in [0, 0.1) is 11.8 Å². The second-order valence-corrected chi connectivity index (χ2v) is 7.95. The number of anilines is 1. The third-order valence-corrected chi connectivity index (χ3v) is 5.07. The molecule has 2 aromatic rings. The molecule has 0 bridgehead atoms. The van der Waals surface area contributed by atoms with Crippen molar-refractivity contribution in [3.05, 3.63) is 36.2 Å². The Hall–Kier alpha value is -2.43. The summed E-state index contributed by atoms with van der Waals surface area (Å²) in [5.41, 5.74) is 2.54. The molecule has 0 atom stereocenters. The van der Waals surface area contributed by atoms with Crippen LogP contribution in [0.1, 0.15) is 58.1 Å². The average Bonchev–Trinajstić information content (AvgIpc) is 2.64. The van der Waals surface area contributed by atoms with Gasteiger partial charge in [-0.25, -0.2) is 9.97 Å². The molecule has 0 saturated heterocycles. The number of nitrogens with zero attached hydrogens (tertiary/aromatic N) is 2. The highest BCUT2D eigenvalue weighted by molar-refractivity contribution is 5.90. The fourth-order valence-corrected chi connectivity index (χ4v) is 3.66. The molecule has 1 aromatic heterocycles. The van der Waals surface area contributed by atoms with Crippen LogP contribution in [0.2, 0.25) is 0 Å². The Morgan fingerprint density at radius 1 is 1.19 bits per heavy atom. The van der Waals surface area contributed by atoms with Gasteiger partial charge in [-0.1, -0.05) is 46.0 Å². The lowest BCUT2D eigenvalue weighted by atomic mass is 9.86. The number of phenols is 1. The van der Waals surface area contributed by atoms with Gasteiger partial charge in [-0.3, -0.25) is 4.79 Å². The van der Waals surface area contributed by atoms with E-state index in [1.54, 1.807) is 18.3 Å². The molecule has 2 N–H and O–H groups in total. The number of hydrogen-bond donors (Lipinski definition) is 2. The third-order valence-electron chi connectivity index (χ3n) is 5.07. The molecule has 0 aliphatic heterocycles. The van der Waals surface area contributed by atoms with Crippen LogP contribution >= 0.6 is 0 Å². The number of nitrogens with one attached hydrogen (secondary N) is 1. The maximum absolute atomic E-state index is 12.3. The highest BCUT2D eigenvalue weighted by Crippen LogP contribution is 2.29. The summed E-state index contributed by atoms with van der Waals surface area (Å²) in [6.07, 6.45) is 9.29. The van der Waals surface area contributed by atoms with Gasteiger partial charge in [-0.2, -0.15) is 0 Å². The minimum Gasteiger partial charge on any atom is -0.508 e. The first-order chi connectivity index (χ1) is 13.0. The largest absolute Gasteiger partial charge is 0.508 e. The number of phenolic OH excluding ortho intramolecular Hbond substituents is 1.